The Morgan fingerprint density at radius 1 is 1.42 bits per heavy atom. The average Bonchev–Trinajstić information content (AvgIpc) is 2.06. The Hall–Kier alpha value is -0.230. The highest BCUT2D eigenvalue weighted by molar-refractivity contribution is 5.85. The average molecular weight is 188 g/mol. The number of terminal acetylenes is 1. The molecule has 0 amide bonds. The van der Waals surface area contributed by atoms with E-state index in [2.05, 4.69) is 10.8 Å². The van der Waals surface area contributed by atoms with E-state index in [9.17, 15) is 5.11 Å². The minimum absolute atomic E-state index is 0. The minimum Gasteiger partial charge on any atom is -0.376 e. The first kappa shape index (κ1) is 9.85. The maximum Gasteiger partial charge on any atom is 0.140 e. The van der Waals surface area contributed by atoms with Crippen molar-refractivity contribution in [2.45, 2.75) is 18.4 Å². The van der Waals surface area contributed by atoms with Crippen LogP contribution in [0.5, 0.6) is 0 Å². The molecule has 3 rings (SSSR count). The molecule has 3 saturated heterocycles. The molecule has 0 saturated carbocycles. The molecule has 1 unspecified atom stereocenters. The zero-order chi connectivity index (χ0) is 7.90. The smallest absolute Gasteiger partial charge is 0.140 e. The van der Waals surface area contributed by atoms with Gasteiger partial charge < -0.3 is 5.11 Å². The lowest BCUT2D eigenvalue weighted by molar-refractivity contribution is -0.0712. The first-order valence-electron chi connectivity index (χ1n) is 4.17. The van der Waals surface area contributed by atoms with Crippen LogP contribution in [0.25, 0.3) is 0 Å². The quantitative estimate of drug-likeness (QED) is 0.559. The van der Waals surface area contributed by atoms with Gasteiger partial charge in [-0.3, -0.25) is 4.90 Å². The summed E-state index contributed by atoms with van der Waals surface area (Å²) in [6.45, 7) is 2.93. The second kappa shape index (κ2) is 3.26. The molecule has 3 heteroatoms. The number of hydrogen-bond donors (Lipinski definition) is 1. The van der Waals surface area contributed by atoms with Crippen LogP contribution in [0.15, 0.2) is 0 Å². The molecule has 2 bridgehead atoms. The highest BCUT2D eigenvalue weighted by Crippen LogP contribution is 2.34. The van der Waals surface area contributed by atoms with Crippen LogP contribution < -0.4 is 0 Å². The number of piperidine rings is 3. The molecule has 1 N–H and O–H groups in total. The van der Waals surface area contributed by atoms with Gasteiger partial charge in [0.15, 0.2) is 0 Å². The number of nitrogens with zero attached hydrogens (tertiary/aromatic N) is 1. The van der Waals surface area contributed by atoms with Crippen molar-refractivity contribution < 1.29 is 5.11 Å². The molecule has 3 heterocycles. The summed E-state index contributed by atoms with van der Waals surface area (Å²) in [5, 5.41) is 9.89. The zero-order valence-corrected chi connectivity index (χ0v) is 7.81. The molecule has 1 atom stereocenters. The van der Waals surface area contributed by atoms with Crippen LogP contribution in [0.4, 0.5) is 0 Å². The summed E-state index contributed by atoms with van der Waals surface area (Å²) < 4.78 is 0. The number of rotatable bonds is 0. The van der Waals surface area contributed by atoms with Crippen LogP contribution in [0.1, 0.15) is 12.8 Å². The molecule has 0 aromatic heterocycles. The van der Waals surface area contributed by atoms with Gasteiger partial charge in [-0.25, -0.2) is 0 Å². The van der Waals surface area contributed by atoms with Gasteiger partial charge >= 0.3 is 0 Å². The molecule has 0 aromatic carbocycles. The van der Waals surface area contributed by atoms with E-state index < -0.39 is 5.60 Å². The largest absolute Gasteiger partial charge is 0.376 e. The van der Waals surface area contributed by atoms with Crippen LogP contribution in [-0.4, -0.2) is 35.2 Å². The fraction of sp³-hybridized carbons (Fsp3) is 0.778. The Morgan fingerprint density at radius 2 is 2.00 bits per heavy atom. The number of halogens is 1. The summed E-state index contributed by atoms with van der Waals surface area (Å²) in [5.41, 5.74) is -0.809. The van der Waals surface area contributed by atoms with Gasteiger partial charge in [-0.15, -0.1) is 18.8 Å². The first-order chi connectivity index (χ1) is 5.24. The predicted octanol–water partition coefficient (Wildman–Crippen LogP) is 0.498. The number of fused-ring (bicyclic) bond motifs is 3. The van der Waals surface area contributed by atoms with Crippen LogP contribution in [0.2, 0.25) is 0 Å². The Bertz CT molecular complexity index is 205. The molecule has 3 aliphatic rings. The number of hydrogen-bond acceptors (Lipinski definition) is 2. The summed E-state index contributed by atoms with van der Waals surface area (Å²) in [4.78, 5) is 2.25. The van der Waals surface area contributed by atoms with Crippen molar-refractivity contribution in [3.05, 3.63) is 0 Å². The van der Waals surface area contributed by atoms with E-state index in [1.54, 1.807) is 0 Å². The first-order valence-corrected chi connectivity index (χ1v) is 4.17. The lowest BCUT2D eigenvalue weighted by atomic mass is 9.76. The summed E-state index contributed by atoms with van der Waals surface area (Å²) in [6, 6.07) is 0. The Balaban J connectivity index is 0.000000720. The van der Waals surface area contributed by atoms with Crippen molar-refractivity contribution in [2.75, 3.05) is 19.6 Å². The summed E-state index contributed by atoms with van der Waals surface area (Å²) >= 11 is 0. The van der Waals surface area contributed by atoms with Crippen LogP contribution in [-0.2, 0) is 0 Å². The molecule has 0 spiro atoms. The van der Waals surface area contributed by atoms with E-state index in [1.165, 1.54) is 0 Å². The van der Waals surface area contributed by atoms with Gasteiger partial charge in [-0.2, -0.15) is 0 Å². The molecule has 2 nitrogen and oxygen atoms in total. The van der Waals surface area contributed by atoms with Gasteiger partial charge in [0.1, 0.15) is 5.60 Å². The van der Waals surface area contributed by atoms with Gasteiger partial charge in [0, 0.05) is 12.5 Å². The second-order valence-corrected chi connectivity index (χ2v) is 3.62. The Labute approximate surface area is 79.4 Å². The molecule has 0 aliphatic carbocycles. The maximum absolute atomic E-state index is 9.89. The third kappa shape index (κ3) is 1.33. The van der Waals surface area contributed by atoms with Crippen LogP contribution in [0.3, 0.4) is 0 Å². The van der Waals surface area contributed by atoms with Crippen molar-refractivity contribution >= 4 is 12.4 Å². The van der Waals surface area contributed by atoms with Crippen molar-refractivity contribution in [1.29, 1.82) is 0 Å². The fourth-order valence-electron chi connectivity index (χ4n) is 2.20. The maximum atomic E-state index is 9.89. The molecule has 3 fully saturated rings. The lowest BCUT2D eigenvalue weighted by Crippen LogP contribution is -2.58. The third-order valence-electron chi connectivity index (χ3n) is 2.98. The molecule has 68 valence electrons. The van der Waals surface area contributed by atoms with E-state index >= 15 is 0 Å². The SMILES string of the molecule is C#CC1(O)CN2CCC1CC2.Cl. The van der Waals surface area contributed by atoms with Gasteiger partial charge in [-0.05, 0) is 25.9 Å². The molecule has 0 radical (unpaired) electrons. The van der Waals surface area contributed by atoms with E-state index in [4.69, 9.17) is 6.42 Å². The normalized spacial score (nSPS) is 44.7. The van der Waals surface area contributed by atoms with E-state index in [0.717, 1.165) is 25.9 Å². The molecule has 0 aromatic rings. The standard InChI is InChI=1S/C9H13NO.ClH/c1-2-9(11)7-10-5-3-8(9)4-6-10;/h1,8,11H,3-7H2;1H. The van der Waals surface area contributed by atoms with Crippen LogP contribution in [0, 0.1) is 18.3 Å². The summed E-state index contributed by atoms with van der Waals surface area (Å²) in [6.07, 6.45) is 7.44. The molecular formula is C9H14ClNO. The fourth-order valence-corrected chi connectivity index (χ4v) is 2.20. The summed E-state index contributed by atoms with van der Waals surface area (Å²) in [7, 11) is 0. The van der Waals surface area contributed by atoms with Crippen molar-refractivity contribution in [2.24, 2.45) is 5.92 Å². The lowest BCUT2D eigenvalue weighted by Gasteiger charge is -2.47. The van der Waals surface area contributed by atoms with Gasteiger partial charge in [0.25, 0.3) is 0 Å². The second-order valence-electron chi connectivity index (χ2n) is 3.62. The molecule has 3 aliphatic heterocycles. The molecule has 12 heavy (non-hydrogen) atoms. The summed E-state index contributed by atoms with van der Waals surface area (Å²) in [5.74, 6) is 2.88. The highest BCUT2D eigenvalue weighted by Gasteiger charge is 2.43. The predicted molar refractivity (Wildman–Crippen MR) is 50.2 cm³/mol. The topological polar surface area (TPSA) is 23.5 Å². The Kier molecular flexibility index (Phi) is 2.67. The van der Waals surface area contributed by atoms with Crippen LogP contribution >= 0.6 is 12.4 Å². The van der Waals surface area contributed by atoms with Crippen molar-refractivity contribution in [1.82, 2.24) is 4.90 Å². The van der Waals surface area contributed by atoms with Gasteiger partial charge in [0.2, 0.25) is 0 Å². The highest BCUT2D eigenvalue weighted by atomic mass is 35.5. The molecular weight excluding hydrogens is 174 g/mol. The van der Waals surface area contributed by atoms with Gasteiger partial charge in [0.05, 0.1) is 0 Å². The Morgan fingerprint density at radius 3 is 2.25 bits per heavy atom. The van der Waals surface area contributed by atoms with Gasteiger partial charge in [-0.1, -0.05) is 5.92 Å². The van der Waals surface area contributed by atoms with Crippen molar-refractivity contribution in [3.8, 4) is 12.3 Å². The third-order valence-corrected chi connectivity index (χ3v) is 2.98. The van der Waals surface area contributed by atoms with E-state index in [-0.39, 0.29) is 12.4 Å². The van der Waals surface area contributed by atoms with E-state index in [0.29, 0.717) is 12.5 Å². The monoisotopic (exact) mass is 187 g/mol. The van der Waals surface area contributed by atoms with Crippen molar-refractivity contribution in [3.63, 3.8) is 0 Å². The van der Waals surface area contributed by atoms with E-state index in [1.807, 2.05) is 0 Å². The zero-order valence-electron chi connectivity index (χ0n) is 6.99. The number of aliphatic hydroxyl groups is 1. The minimum atomic E-state index is -0.809.